The summed E-state index contributed by atoms with van der Waals surface area (Å²) in [5, 5.41) is 0.752. The normalized spacial score (nSPS) is 21.7. The Kier molecular flexibility index (Phi) is 3.43. The minimum absolute atomic E-state index is 0.0120. The maximum Gasteiger partial charge on any atom is 0.257 e. The first kappa shape index (κ1) is 10.7. The van der Waals surface area contributed by atoms with Crippen LogP contribution in [0.4, 0.5) is 0 Å². The van der Waals surface area contributed by atoms with Crippen LogP contribution in [0, 0.1) is 0 Å². The first-order valence-electron chi connectivity index (χ1n) is 4.80. The Morgan fingerprint density at radius 1 is 1.67 bits per heavy atom. The molecule has 1 amide bonds. The SMILES string of the molecule is O=C(c1ccoc1)N1CCOC(CBr)C1. The second-order valence-electron chi connectivity index (χ2n) is 3.41. The molecular formula is C10H12BrNO3. The van der Waals surface area contributed by atoms with Crippen LogP contribution in [0.5, 0.6) is 0 Å². The van der Waals surface area contributed by atoms with Gasteiger partial charge in [-0.1, -0.05) is 15.9 Å². The van der Waals surface area contributed by atoms with Crippen molar-refractivity contribution >= 4 is 21.8 Å². The average Bonchev–Trinajstić information content (AvgIpc) is 2.81. The topological polar surface area (TPSA) is 42.7 Å². The summed E-state index contributed by atoms with van der Waals surface area (Å²) >= 11 is 3.35. The van der Waals surface area contributed by atoms with Gasteiger partial charge in [0.1, 0.15) is 6.26 Å². The van der Waals surface area contributed by atoms with E-state index in [1.165, 1.54) is 12.5 Å². The number of alkyl halides is 1. The highest BCUT2D eigenvalue weighted by Gasteiger charge is 2.24. The highest BCUT2D eigenvalue weighted by atomic mass is 79.9. The summed E-state index contributed by atoms with van der Waals surface area (Å²) in [6.07, 6.45) is 3.07. The predicted molar refractivity (Wildman–Crippen MR) is 58.1 cm³/mol. The molecule has 0 radical (unpaired) electrons. The van der Waals surface area contributed by atoms with E-state index in [1.54, 1.807) is 11.0 Å². The number of halogens is 1. The number of nitrogens with zero attached hydrogens (tertiary/aromatic N) is 1. The van der Waals surface area contributed by atoms with Crippen molar-refractivity contribution in [3.63, 3.8) is 0 Å². The van der Waals surface area contributed by atoms with Gasteiger partial charge in [0.05, 0.1) is 24.5 Å². The maximum absolute atomic E-state index is 11.9. The van der Waals surface area contributed by atoms with Crippen LogP contribution in [0.25, 0.3) is 0 Å². The molecule has 0 aliphatic carbocycles. The summed E-state index contributed by atoms with van der Waals surface area (Å²) in [6.45, 7) is 1.88. The lowest BCUT2D eigenvalue weighted by Crippen LogP contribution is -2.46. The molecule has 4 nitrogen and oxygen atoms in total. The van der Waals surface area contributed by atoms with Gasteiger partial charge < -0.3 is 14.1 Å². The molecule has 1 atom stereocenters. The van der Waals surface area contributed by atoms with Crippen molar-refractivity contribution in [3.05, 3.63) is 24.2 Å². The van der Waals surface area contributed by atoms with Crippen molar-refractivity contribution < 1.29 is 13.9 Å². The highest BCUT2D eigenvalue weighted by molar-refractivity contribution is 9.09. The second kappa shape index (κ2) is 4.81. The standard InChI is InChI=1S/C10H12BrNO3/c11-5-9-6-12(2-4-15-9)10(13)8-1-3-14-7-8/h1,3,7,9H,2,4-6H2. The van der Waals surface area contributed by atoms with Crippen molar-refractivity contribution in [2.45, 2.75) is 6.10 Å². The molecule has 2 heterocycles. The Hall–Kier alpha value is -0.810. The van der Waals surface area contributed by atoms with Crippen molar-refractivity contribution in [2.75, 3.05) is 25.0 Å². The third kappa shape index (κ3) is 2.41. The molecule has 1 fully saturated rings. The lowest BCUT2D eigenvalue weighted by Gasteiger charge is -2.31. The Labute approximate surface area is 96.3 Å². The largest absolute Gasteiger partial charge is 0.472 e. The summed E-state index contributed by atoms with van der Waals surface area (Å²) in [7, 11) is 0. The van der Waals surface area contributed by atoms with Crippen molar-refractivity contribution in [3.8, 4) is 0 Å². The van der Waals surface area contributed by atoms with Gasteiger partial charge >= 0.3 is 0 Å². The summed E-state index contributed by atoms with van der Waals surface area (Å²) in [4.78, 5) is 13.7. The molecule has 1 aromatic rings. The lowest BCUT2D eigenvalue weighted by atomic mass is 10.2. The van der Waals surface area contributed by atoms with Crippen LogP contribution < -0.4 is 0 Å². The Balaban J connectivity index is 2.01. The minimum atomic E-state index is 0.0120. The van der Waals surface area contributed by atoms with Gasteiger partial charge in [-0.15, -0.1) is 0 Å². The van der Waals surface area contributed by atoms with Crippen molar-refractivity contribution in [1.82, 2.24) is 4.90 Å². The number of carbonyl (C=O) groups is 1. The van der Waals surface area contributed by atoms with Gasteiger partial charge in [-0.3, -0.25) is 4.79 Å². The van der Waals surface area contributed by atoms with Gasteiger partial charge in [-0.2, -0.15) is 0 Å². The fraction of sp³-hybridized carbons (Fsp3) is 0.500. The van der Waals surface area contributed by atoms with Crippen LogP contribution in [0.1, 0.15) is 10.4 Å². The molecule has 15 heavy (non-hydrogen) atoms. The third-order valence-electron chi connectivity index (χ3n) is 2.37. The van der Waals surface area contributed by atoms with Crippen LogP contribution in [0.15, 0.2) is 23.0 Å². The zero-order chi connectivity index (χ0) is 10.7. The van der Waals surface area contributed by atoms with E-state index in [-0.39, 0.29) is 12.0 Å². The number of furan rings is 1. The van der Waals surface area contributed by atoms with E-state index in [0.29, 0.717) is 25.3 Å². The quantitative estimate of drug-likeness (QED) is 0.768. The molecule has 82 valence electrons. The molecule has 1 aliphatic rings. The fourth-order valence-corrected chi connectivity index (χ4v) is 1.96. The predicted octanol–water partition coefficient (Wildman–Crippen LogP) is 1.52. The monoisotopic (exact) mass is 273 g/mol. The van der Waals surface area contributed by atoms with Gasteiger partial charge in [-0.05, 0) is 6.07 Å². The molecule has 0 N–H and O–H groups in total. The van der Waals surface area contributed by atoms with Gasteiger partial charge in [0.25, 0.3) is 5.91 Å². The van der Waals surface area contributed by atoms with E-state index in [2.05, 4.69) is 15.9 Å². The highest BCUT2D eigenvalue weighted by Crippen LogP contribution is 2.12. The summed E-state index contributed by atoms with van der Waals surface area (Å²) in [5.74, 6) is 0.0120. The molecule has 2 rings (SSSR count). The number of rotatable bonds is 2. The fourth-order valence-electron chi connectivity index (χ4n) is 1.57. The van der Waals surface area contributed by atoms with Crippen LogP contribution in [-0.4, -0.2) is 41.9 Å². The van der Waals surface area contributed by atoms with E-state index in [1.807, 2.05) is 0 Å². The molecular weight excluding hydrogens is 262 g/mol. The second-order valence-corrected chi connectivity index (χ2v) is 4.06. The Morgan fingerprint density at radius 2 is 2.53 bits per heavy atom. The van der Waals surface area contributed by atoms with Gasteiger partial charge in [0.15, 0.2) is 0 Å². The van der Waals surface area contributed by atoms with Crippen LogP contribution >= 0.6 is 15.9 Å². The smallest absolute Gasteiger partial charge is 0.257 e. The molecule has 0 bridgehead atoms. The van der Waals surface area contributed by atoms with Crippen LogP contribution in [0.2, 0.25) is 0 Å². The average molecular weight is 274 g/mol. The molecule has 1 aliphatic heterocycles. The molecule has 1 aromatic heterocycles. The summed E-state index contributed by atoms with van der Waals surface area (Å²) in [5.41, 5.74) is 0.602. The van der Waals surface area contributed by atoms with Crippen LogP contribution in [-0.2, 0) is 4.74 Å². The number of hydrogen-bond acceptors (Lipinski definition) is 3. The minimum Gasteiger partial charge on any atom is -0.472 e. The van der Waals surface area contributed by atoms with Gasteiger partial charge in [-0.25, -0.2) is 0 Å². The van der Waals surface area contributed by atoms with Gasteiger partial charge in [0.2, 0.25) is 0 Å². The van der Waals surface area contributed by atoms with E-state index in [0.717, 1.165) is 5.33 Å². The number of amides is 1. The first-order valence-corrected chi connectivity index (χ1v) is 5.92. The third-order valence-corrected chi connectivity index (χ3v) is 3.09. The zero-order valence-corrected chi connectivity index (χ0v) is 9.77. The first-order chi connectivity index (χ1) is 7.31. The number of morpholine rings is 1. The molecule has 5 heteroatoms. The maximum atomic E-state index is 11.9. The Morgan fingerprint density at radius 3 is 3.20 bits per heavy atom. The van der Waals surface area contributed by atoms with E-state index in [9.17, 15) is 4.79 Å². The van der Waals surface area contributed by atoms with E-state index in [4.69, 9.17) is 9.15 Å². The van der Waals surface area contributed by atoms with Gasteiger partial charge in [0, 0.05) is 18.4 Å². The molecule has 0 saturated carbocycles. The summed E-state index contributed by atoms with van der Waals surface area (Å²) < 4.78 is 10.4. The lowest BCUT2D eigenvalue weighted by molar-refractivity contribution is -0.00967. The van der Waals surface area contributed by atoms with Crippen molar-refractivity contribution in [2.24, 2.45) is 0 Å². The number of ether oxygens (including phenoxy) is 1. The zero-order valence-electron chi connectivity index (χ0n) is 8.19. The Bertz CT molecular complexity index is 325. The van der Waals surface area contributed by atoms with Crippen molar-refractivity contribution in [1.29, 1.82) is 0 Å². The van der Waals surface area contributed by atoms with Crippen LogP contribution in [0.3, 0.4) is 0 Å². The molecule has 0 spiro atoms. The number of hydrogen-bond donors (Lipinski definition) is 0. The molecule has 0 aromatic carbocycles. The van der Waals surface area contributed by atoms with E-state index >= 15 is 0 Å². The van der Waals surface area contributed by atoms with E-state index < -0.39 is 0 Å². The molecule has 1 saturated heterocycles. The molecule has 1 unspecified atom stereocenters. The summed E-state index contributed by atoms with van der Waals surface area (Å²) in [6, 6.07) is 1.68. The number of carbonyl (C=O) groups excluding carboxylic acids is 1.